The van der Waals surface area contributed by atoms with Crippen LogP contribution in [-0.4, -0.2) is 32.7 Å². The van der Waals surface area contributed by atoms with Gasteiger partial charge < -0.3 is 20.5 Å². The molecule has 0 radical (unpaired) electrons. The molecule has 1 aromatic carbocycles. The topological polar surface area (TPSA) is 73.6 Å². The van der Waals surface area contributed by atoms with E-state index in [1.165, 1.54) is 7.11 Å². The van der Waals surface area contributed by atoms with Crippen molar-refractivity contribution in [2.24, 2.45) is 5.73 Å². The Morgan fingerprint density at radius 3 is 2.68 bits per heavy atom. The lowest BCUT2D eigenvalue weighted by molar-refractivity contribution is 0.0954. The Hall–Kier alpha value is -1.17. The lowest BCUT2D eigenvalue weighted by atomic mass is 10.2. The summed E-state index contributed by atoms with van der Waals surface area (Å²) in [5.41, 5.74) is 5.73. The Morgan fingerprint density at radius 1 is 1.47 bits per heavy atom. The highest BCUT2D eigenvalue weighted by molar-refractivity contribution is 6.32. The van der Waals surface area contributed by atoms with Crippen LogP contribution in [0.2, 0.25) is 5.02 Å². The highest BCUT2D eigenvalue weighted by atomic mass is 35.5. The Labute approximate surface area is 123 Å². The predicted octanol–water partition coefficient (Wildman–Crippen LogP) is 1.86. The van der Waals surface area contributed by atoms with Gasteiger partial charge in [-0.15, -0.1) is 12.4 Å². The molecule has 0 heterocycles. The van der Waals surface area contributed by atoms with Crippen molar-refractivity contribution in [3.8, 4) is 11.5 Å². The summed E-state index contributed by atoms with van der Waals surface area (Å²) in [6.07, 6.45) is 0. The van der Waals surface area contributed by atoms with Crippen LogP contribution in [0.25, 0.3) is 0 Å². The van der Waals surface area contributed by atoms with Crippen LogP contribution in [0.4, 0.5) is 0 Å². The van der Waals surface area contributed by atoms with E-state index in [1.807, 2.05) is 6.92 Å². The van der Waals surface area contributed by atoms with E-state index in [-0.39, 0.29) is 18.3 Å². The van der Waals surface area contributed by atoms with Crippen LogP contribution in [0.3, 0.4) is 0 Å². The summed E-state index contributed by atoms with van der Waals surface area (Å²) in [7, 11) is 1.50. The van der Waals surface area contributed by atoms with Crippen molar-refractivity contribution < 1.29 is 14.3 Å². The fraction of sp³-hybridized carbons (Fsp3) is 0.417. The van der Waals surface area contributed by atoms with Crippen LogP contribution in [-0.2, 0) is 0 Å². The zero-order valence-electron chi connectivity index (χ0n) is 10.9. The van der Waals surface area contributed by atoms with Gasteiger partial charge in [0.1, 0.15) is 0 Å². The first-order chi connectivity index (χ1) is 8.63. The van der Waals surface area contributed by atoms with Gasteiger partial charge in [0.2, 0.25) is 0 Å². The molecule has 3 N–H and O–H groups in total. The SMILES string of the molecule is CCOc1c(Cl)cc(C(=O)NCCN)cc1OC.Cl. The first kappa shape index (κ1) is 17.8. The van der Waals surface area contributed by atoms with Crippen molar-refractivity contribution in [2.45, 2.75) is 6.92 Å². The molecule has 1 aromatic rings. The van der Waals surface area contributed by atoms with E-state index in [2.05, 4.69) is 5.32 Å². The first-order valence-corrected chi connectivity index (χ1v) is 6.00. The fourth-order valence-corrected chi connectivity index (χ4v) is 1.69. The molecule has 0 saturated carbocycles. The largest absolute Gasteiger partial charge is 0.493 e. The summed E-state index contributed by atoms with van der Waals surface area (Å²) in [4.78, 5) is 11.8. The Morgan fingerprint density at radius 2 is 2.16 bits per heavy atom. The summed E-state index contributed by atoms with van der Waals surface area (Å²) in [5.74, 6) is 0.628. The van der Waals surface area contributed by atoms with Crippen LogP contribution in [0.15, 0.2) is 12.1 Å². The van der Waals surface area contributed by atoms with Gasteiger partial charge in [-0.25, -0.2) is 0 Å². The molecule has 0 unspecified atom stereocenters. The smallest absolute Gasteiger partial charge is 0.251 e. The molecule has 7 heteroatoms. The van der Waals surface area contributed by atoms with Gasteiger partial charge in [0, 0.05) is 18.7 Å². The van der Waals surface area contributed by atoms with Gasteiger partial charge in [-0.1, -0.05) is 11.6 Å². The van der Waals surface area contributed by atoms with Crippen molar-refractivity contribution in [3.05, 3.63) is 22.7 Å². The number of carbonyl (C=O) groups is 1. The summed E-state index contributed by atoms with van der Waals surface area (Å²) in [6, 6.07) is 3.13. The number of benzene rings is 1. The molecule has 0 aliphatic carbocycles. The van der Waals surface area contributed by atoms with E-state index in [0.29, 0.717) is 41.8 Å². The van der Waals surface area contributed by atoms with Gasteiger partial charge >= 0.3 is 0 Å². The van der Waals surface area contributed by atoms with Crippen molar-refractivity contribution >= 4 is 29.9 Å². The Balaban J connectivity index is 0.00000324. The third-order valence-corrected chi connectivity index (χ3v) is 2.49. The minimum Gasteiger partial charge on any atom is -0.493 e. The maximum atomic E-state index is 11.8. The van der Waals surface area contributed by atoms with Crippen LogP contribution in [0, 0.1) is 0 Å². The third-order valence-electron chi connectivity index (χ3n) is 2.21. The van der Waals surface area contributed by atoms with Gasteiger partial charge in [-0.3, -0.25) is 4.79 Å². The summed E-state index contributed by atoms with van der Waals surface area (Å²) >= 11 is 6.06. The Bertz CT molecular complexity index is 428. The molecule has 1 amide bonds. The Kier molecular flexibility index (Phi) is 8.30. The van der Waals surface area contributed by atoms with Gasteiger partial charge in [0.05, 0.1) is 18.7 Å². The monoisotopic (exact) mass is 308 g/mol. The second-order valence-corrected chi connectivity index (χ2v) is 3.87. The number of ether oxygens (including phenoxy) is 2. The molecule has 0 fully saturated rings. The fourth-order valence-electron chi connectivity index (χ4n) is 1.42. The molecule has 108 valence electrons. The quantitative estimate of drug-likeness (QED) is 0.841. The number of nitrogens with two attached hydrogens (primary N) is 1. The molecule has 0 saturated heterocycles. The van der Waals surface area contributed by atoms with E-state index in [9.17, 15) is 4.79 Å². The highest BCUT2D eigenvalue weighted by Gasteiger charge is 2.15. The number of amides is 1. The second kappa shape index (κ2) is 8.85. The lowest BCUT2D eigenvalue weighted by Crippen LogP contribution is -2.29. The minimum absolute atomic E-state index is 0. The van der Waals surface area contributed by atoms with Crippen LogP contribution < -0.4 is 20.5 Å². The first-order valence-electron chi connectivity index (χ1n) is 5.62. The van der Waals surface area contributed by atoms with E-state index in [1.54, 1.807) is 12.1 Å². The van der Waals surface area contributed by atoms with Gasteiger partial charge in [0.25, 0.3) is 5.91 Å². The number of rotatable bonds is 6. The number of halogens is 2. The molecular weight excluding hydrogens is 291 g/mol. The molecule has 0 bridgehead atoms. The number of hydrogen-bond acceptors (Lipinski definition) is 4. The summed E-state index contributed by atoms with van der Waals surface area (Å²) in [5, 5.41) is 3.00. The van der Waals surface area contributed by atoms with E-state index < -0.39 is 0 Å². The molecule has 1 rings (SSSR count). The third kappa shape index (κ3) is 4.78. The number of hydrogen-bond donors (Lipinski definition) is 2. The summed E-state index contributed by atoms with van der Waals surface area (Å²) < 4.78 is 10.5. The molecular formula is C12H18Cl2N2O3. The molecule has 0 atom stereocenters. The van der Waals surface area contributed by atoms with Crippen molar-refractivity contribution in [2.75, 3.05) is 26.8 Å². The molecule has 0 aromatic heterocycles. The molecule has 19 heavy (non-hydrogen) atoms. The molecule has 0 spiro atoms. The van der Waals surface area contributed by atoms with E-state index in [0.717, 1.165) is 0 Å². The normalized spacial score (nSPS) is 9.47. The maximum Gasteiger partial charge on any atom is 0.251 e. The van der Waals surface area contributed by atoms with Gasteiger partial charge in [0.15, 0.2) is 11.5 Å². The van der Waals surface area contributed by atoms with Crippen LogP contribution in [0.5, 0.6) is 11.5 Å². The van der Waals surface area contributed by atoms with Crippen molar-refractivity contribution in [1.82, 2.24) is 5.32 Å². The highest BCUT2D eigenvalue weighted by Crippen LogP contribution is 2.36. The zero-order chi connectivity index (χ0) is 13.5. The number of nitrogens with one attached hydrogen (secondary N) is 1. The molecule has 0 aliphatic rings. The molecule has 5 nitrogen and oxygen atoms in total. The maximum absolute atomic E-state index is 11.8. The zero-order valence-corrected chi connectivity index (χ0v) is 12.4. The number of carbonyl (C=O) groups excluding carboxylic acids is 1. The standard InChI is InChI=1S/C12H17ClN2O3.ClH/c1-3-18-11-9(13)6-8(7-10(11)17-2)12(16)15-5-4-14;/h6-7H,3-5,14H2,1-2H3,(H,15,16);1H. The van der Waals surface area contributed by atoms with Crippen molar-refractivity contribution in [3.63, 3.8) is 0 Å². The van der Waals surface area contributed by atoms with Gasteiger partial charge in [-0.2, -0.15) is 0 Å². The number of methoxy groups -OCH3 is 1. The lowest BCUT2D eigenvalue weighted by Gasteiger charge is -2.13. The molecule has 0 aliphatic heterocycles. The van der Waals surface area contributed by atoms with Crippen LogP contribution in [0.1, 0.15) is 17.3 Å². The average Bonchev–Trinajstić information content (AvgIpc) is 2.38. The minimum atomic E-state index is -0.247. The van der Waals surface area contributed by atoms with Crippen molar-refractivity contribution in [1.29, 1.82) is 0 Å². The van der Waals surface area contributed by atoms with E-state index >= 15 is 0 Å². The van der Waals surface area contributed by atoms with Gasteiger partial charge in [-0.05, 0) is 19.1 Å². The second-order valence-electron chi connectivity index (χ2n) is 3.47. The van der Waals surface area contributed by atoms with Crippen LogP contribution >= 0.6 is 24.0 Å². The summed E-state index contributed by atoms with van der Waals surface area (Å²) in [6.45, 7) is 3.10. The average molecular weight is 309 g/mol. The van der Waals surface area contributed by atoms with E-state index in [4.69, 9.17) is 26.8 Å². The predicted molar refractivity (Wildman–Crippen MR) is 77.8 cm³/mol.